The third kappa shape index (κ3) is 3.44. The van der Waals surface area contributed by atoms with Crippen molar-refractivity contribution in [3.8, 4) is 11.5 Å². The molecule has 0 N–H and O–H groups in total. The van der Waals surface area contributed by atoms with Gasteiger partial charge in [-0.3, -0.25) is 0 Å². The zero-order valence-corrected chi connectivity index (χ0v) is 18.7. The molecule has 0 radical (unpaired) electrons. The fraction of sp³-hybridized carbons (Fsp3) is 0.222. The number of allylic oxidation sites excluding steroid dienone is 1. The zero-order chi connectivity index (χ0) is 23.2. The molecule has 170 valence electrons. The third-order valence-electron chi connectivity index (χ3n) is 6.41. The Bertz CT molecular complexity index is 1470. The number of esters is 1. The minimum atomic E-state index is -0.426. The number of benzene rings is 2. The molecule has 1 aliphatic heterocycles. The fourth-order valence-corrected chi connectivity index (χ4v) is 4.75. The number of aromatic nitrogens is 2. The van der Waals surface area contributed by atoms with Crippen LogP contribution in [0, 0.1) is 0 Å². The van der Waals surface area contributed by atoms with Crippen LogP contribution >= 0.6 is 0 Å². The molecule has 2 aromatic carbocycles. The number of rotatable bonds is 3. The number of nitrogens with zero attached hydrogens (tertiary/aromatic N) is 3. The van der Waals surface area contributed by atoms with Crippen LogP contribution in [-0.4, -0.2) is 29.6 Å². The Balaban J connectivity index is 1.57. The van der Waals surface area contributed by atoms with Gasteiger partial charge in [0.15, 0.2) is 11.6 Å². The number of methoxy groups -OCH3 is 1. The second kappa shape index (κ2) is 8.09. The topological polar surface area (TPSA) is 68.5 Å². The van der Waals surface area contributed by atoms with Crippen LogP contribution in [0.1, 0.15) is 40.1 Å². The van der Waals surface area contributed by atoms with Gasteiger partial charge in [0.25, 0.3) is 0 Å². The molecule has 7 heteroatoms. The summed E-state index contributed by atoms with van der Waals surface area (Å²) in [4.78, 5) is 24.2. The molecular weight excluding hydrogens is 433 g/mol. The molecule has 0 spiro atoms. The van der Waals surface area contributed by atoms with Crippen molar-refractivity contribution in [1.29, 1.82) is 0 Å². The van der Waals surface area contributed by atoms with Crippen molar-refractivity contribution in [2.75, 3.05) is 18.6 Å². The van der Waals surface area contributed by atoms with E-state index in [4.69, 9.17) is 19.1 Å². The van der Waals surface area contributed by atoms with Gasteiger partial charge in [0, 0.05) is 30.6 Å². The second-order valence-electron chi connectivity index (χ2n) is 8.56. The van der Waals surface area contributed by atoms with Crippen molar-refractivity contribution in [3.63, 3.8) is 0 Å². The van der Waals surface area contributed by atoms with Crippen LogP contribution in [0.2, 0.25) is 0 Å². The molecule has 1 aliphatic carbocycles. The van der Waals surface area contributed by atoms with E-state index in [1.807, 2.05) is 18.2 Å². The molecule has 0 saturated carbocycles. The molecule has 2 aromatic heterocycles. The van der Waals surface area contributed by atoms with E-state index in [1.54, 1.807) is 18.2 Å². The number of ether oxygens (including phenoxy) is 1. The van der Waals surface area contributed by atoms with Crippen LogP contribution in [0.15, 0.2) is 58.8 Å². The highest BCUT2D eigenvalue weighted by molar-refractivity contribution is 5.94. The standard InChI is InChI=1S/C27H22FN3O3/c1-33-27(32)17-8-10-20-21(14-17)30-26(31-12-4-6-16-5-2-3-7-22(16)31)25(29-20)24-15-18-13-19(28)9-11-23(18)34-24/h2-3,5,7-8,10,13-15H,4,6,9,11-12H2,1H3. The van der Waals surface area contributed by atoms with Gasteiger partial charge in [-0.05, 0) is 54.8 Å². The summed E-state index contributed by atoms with van der Waals surface area (Å²) in [6.07, 6.45) is 4.35. The fourth-order valence-electron chi connectivity index (χ4n) is 4.75. The van der Waals surface area contributed by atoms with Crippen LogP contribution in [0.3, 0.4) is 0 Å². The smallest absolute Gasteiger partial charge is 0.337 e. The number of halogens is 1. The first-order valence-corrected chi connectivity index (χ1v) is 11.4. The highest BCUT2D eigenvalue weighted by Crippen LogP contribution is 2.40. The third-order valence-corrected chi connectivity index (χ3v) is 6.41. The van der Waals surface area contributed by atoms with Crippen LogP contribution in [0.4, 0.5) is 15.9 Å². The first-order valence-electron chi connectivity index (χ1n) is 11.4. The quantitative estimate of drug-likeness (QED) is 0.352. The summed E-state index contributed by atoms with van der Waals surface area (Å²) in [5, 5.41) is 0. The van der Waals surface area contributed by atoms with Crippen molar-refractivity contribution in [1.82, 2.24) is 9.97 Å². The van der Waals surface area contributed by atoms with Crippen molar-refractivity contribution in [3.05, 3.63) is 76.8 Å². The molecule has 6 rings (SSSR count). The molecular formula is C27H22FN3O3. The monoisotopic (exact) mass is 455 g/mol. The number of para-hydroxylation sites is 1. The van der Waals surface area contributed by atoms with Gasteiger partial charge in [-0.1, -0.05) is 18.2 Å². The number of aryl methyl sites for hydroxylation is 2. The molecule has 0 amide bonds. The number of anilines is 2. The van der Waals surface area contributed by atoms with Crippen molar-refractivity contribution < 1.29 is 18.3 Å². The van der Waals surface area contributed by atoms with E-state index in [1.165, 1.54) is 18.7 Å². The molecule has 0 fully saturated rings. The van der Waals surface area contributed by atoms with E-state index in [-0.39, 0.29) is 5.83 Å². The maximum absolute atomic E-state index is 13.9. The van der Waals surface area contributed by atoms with E-state index in [0.29, 0.717) is 46.7 Å². The largest absolute Gasteiger partial charge is 0.465 e. The van der Waals surface area contributed by atoms with Gasteiger partial charge in [0.1, 0.15) is 17.3 Å². The Labute approximate surface area is 195 Å². The number of fused-ring (bicyclic) bond motifs is 3. The molecule has 0 atom stereocenters. The summed E-state index contributed by atoms with van der Waals surface area (Å²) in [6, 6.07) is 15.2. The van der Waals surface area contributed by atoms with Crippen LogP contribution in [-0.2, 0) is 17.6 Å². The summed E-state index contributed by atoms with van der Waals surface area (Å²) in [5.41, 5.74) is 5.30. The van der Waals surface area contributed by atoms with Crippen LogP contribution in [0.25, 0.3) is 28.6 Å². The Morgan fingerprint density at radius 1 is 1.06 bits per heavy atom. The predicted molar refractivity (Wildman–Crippen MR) is 128 cm³/mol. The Kier molecular flexibility index (Phi) is 4.90. The summed E-state index contributed by atoms with van der Waals surface area (Å²) in [6.45, 7) is 0.774. The van der Waals surface area contributed by atoms with Crippen LogP contribution in [0.5, 0.6) is 0 Å². The van der Waals surface area contributed by atoms with Crippen molar-refractivity contribution in [2.24, 2.45) is 0 Å². The van der Waals surface area contributed by atoms with Gasteiger partial charge in [0.05, 0.1) is 23.7 Å². The number of carbonyl (C=O) groups excluding carboxylic acids is 1. The average molecular weight is 455 g/mol. The minimum absolute atomic E-state index is 0.148. The van der Waals surface area contributed by atoms with Gasteiger partial charge in [-0.15, -0.1) is 0 Å². The second-order valence-corrected chi connectivity index (χ2v) is 8.56. The summed E-state index contributed by atoms with van der Waals surface area (Å²) in [7, 11) is 1.35. The summed E-state index contributed by atoms with van der Waals surface area (Å²) >= 11 is 0. The zero-order valence-electron chi connectivity index (χ0n) is 18.7. The summed E-state index contributed by atoms with van der Waals surface area (Å²) < 4.78 is 24.9. The number of carbonyl (C=O) groups is 1. The molecule has 0 saturated heterocycles. The highest BCUT2D eigenvalue weighted by Gasteiger charge is 2.27. The normalized spacial score (nSPS) is 15.0. The molecule has 3 heterocycles. The molecule has 0 unspecified atom stereocenters. The average Bonchev–Trinajstić information content (AvgIpc) is 3.30. The molecule has 0 bridgehead atoms. The molecule has 6 nitrogen and oxygen atoms in total. The molecule has 2 aliphatic rings. The Hall–Kier alpha value is -4.00. The lowest BCUT2D eigenvalue weighted by Gasteiger charge is -2.31. The first kappa shape index (κ1) is 20.6. The highest BCUT2D eigenvalue weighted by atomic mass is 19.1. The van der Waals surface area contributed by atoms with Crippen molar-refractivity contribution >= 4 is 34.6 Å². The van der Waals surface area contributed by atoms with E-state index < -0.39 is 5.97 Å². The predicted octanol–water partition coefficient (Wildman–Crippen LogP) is 6.02. The Morgan fingerprint density at radius 2 is 1.94 bits per heavy atom. The lowest BCUT2D eigenvalue weighted by molar-refractivity contribution is 0.0601. The van der Waals surface area contributed by atoms with E-state index >= 15 is 0 Å². The van der Waals surface area contributed by atoms with Crippen LogP contribution < -0.4 is 4.90 Å². The van der Waals surface area contributed by atoms with E-state index in [2.05, 4.69) is 17.0 Å². The Morgan fingerprint density at radius 3 is 2.82 bits per heavy atom. The van der Waals surface area contributed by atoms with Gasteiger partial charge >= 0.3 is 5.97 Å². The lowest BCUT2D eigenvalue weighted by atomic mass is 10.0. The maximum Gasteiger partial charge on any atom is 0.337 e. The van der Waals surface area contributed by atoms with E-state index in [9.17, 15) is 9.18 Å². The molecule has 34 heavy (non-hydrogen) atoms. The van der Waals surface area contributed by atoms with Gasteiger partial charge in [0.2, 0.25) is 0 Å². The minimum Gasteiger partial charge on any atom is -0.465 e. The number of hydrogen-bond donors (Lipinski definition) is 0. The lowest BCUT2D eigenvalue weighted by Crippen LogP contribution is -2.26. The number of hydrogen-bond acceptors (Lipinski definition) is 6. The SMILES string of the molecule is COC(=O)c1ccc2nc(-c3cc4c(o3)CCC(F)=C4)c(N3CCCc4ccccc43)nc2c1. The van der Waals surface area contributed by atoms with E-state index in [0.717, 1.165) is 36.4 Å². The molecule has 4 aromatic rings. The van der Waals surface area contributed by atoms with Gasteiger partial charge in [-0.2, -0.15) is 0 Å². The van der Waals surface area contributed by atoms with Crippen molar-refractivity contribution in [2.45, 2.75) is 25.7 Å². The maximum atomic E-state index is 13.9. The van der Waals surface area contributed by atoms with Gasteiger partial charge in [-0.25, -0.2) is 19.2 Å². The summed E-state index contributed by atoms with van der Waals surface area (Å²) in [5.74, 6) is 1.39. The number of furan rings is 1. The van der Waals surface area contributed by atoms with Gasteiger partial charge < -0.3 is 14.1 Å². The first-order chi connectivity index (χ1) is 16.6.